The minimum absolute atomic E-state index is 0.103. The Kier molecular flexibility index (Phi) is 6.29. The average Bonchev–Trinajstić information content (AvgIpc) is 3.24. The van der Waals surface area contributed by atoms with Crippen molar-refractivity contribution >= 4 is 11.8 Å². The van der Waals surface area contributed by atoms with Gasteiger partial charge in [-0.3, -0.25) is 9.59 Å². The van der Waals surface area contributed by atoms with Crippen molar-refractivity contribution < 1.29 is 18.8 Å². The molecule has 1 heterocycles. The number of benzene rings is 2. The Balaban J connectivity index is 1.59. The number of carbonyl (C=O) groups excluding carboxylic acids is 2. The molecule has 0 aliphatic rings. The first-order valence-corrected chi connectivity index (χ1v) is 9.25. The Morgan fingerprint density at radius 3 is 2.34 bits per heavy atom. The summed E-state index contributed by atoms with van der Waals surface area (Å²) in [4.78, 5) is 24.8. The molecule has 2 N–H and O–H groups in total. The van der Waals surface area contributed by atoms with Gasteiger partial charge in [-0.25, -0.2) is 0 Å². The van der Waals surface area contributed by atoms with Gasteiger partial charge in [-0.2, -0.15) is 0 Å². The molecule has 29 heavy (non-hydrogen) atoms. The van der Waals surface area contributed by atoms with Gasteiger partial charge in [0.1, 0.15) is 11.8 Å². The first-order chi connectivity index (χ1) is 14.0. The van der Waals surface area contributed by atoms with Crippen LogP contribution in [0.3, 0.4) is 0 Å². The second kappa shape index (κ2) is 9.05. The molecule has 0 aliphatic carbocycles. The maximum atomic E-state index is 12.4. The highest BCUT2D eigenvalue weighted by Gasteiger charge is 2.21. The van der Waals surface area contributed by atoms with Crippen molar-refractivity contribution in [3.05, 3.63) is 71.9 Å². The van der Waals surface area contributed by atoms with Gasteiger partial charge in [0.15, 0.2) is 11.5 Å². The van der Waals surface area contributed by atoms with Crippen molar-refractivity contribution in [2.24, 2.45) is 0 Å². The van der Waals surface area contributed by atoms with Gasteiger partial charge in [0.25, 0.3) is 5.91 Å². The van der Waals surface area contributed by atoms with E-state index in [2.05, 4.69) is 15.8 Å². The zero-order valence-electron chi connectivity index (χ0n) is 16.5. The number of hydrogen-bond donors (Lipinski definition) is 2. The number of nitrogens with zero attached hydrogens (tertiary/aromatic N) is 1. The molecule has 0 bridgehead atoms. The molecule has 0 aliphatic heterocycles. The Morgan fingerprint density at radius 2 is 1.69 bits per heavy atom. The molecular weight excluding hydrogens is 370 g/mol. The Labute approximate surface area is 169 Å². The van der Waals surface area contributed by atoms with Crippen LogP contribution in [-0.4, -0.2) is 30.1 Å². The smallest absolute Gasteiger partial charge is 0.274 e. The fourth-order valence-electron chi connectivity index (χ4n) is 2.77. The minimum Gasteiger partial charge on any atom is -0.497 e. The maximum absolute atomic E-state index is 12.4. The van der Waals surface area contributed by atoms with Crippen LogP contribution in [0.1, 0.15) is 35.9 Å². The summed E-state index contributed by atoms with van der Waals surface area (Å²) < 4.78 is 10.4. The summed E-state index contributed by atoms with van der Waals surface area (Å²) in [6.07, 6.45) is 0. The molecule has 0 spiro atoms. The summed E-state index contributed by atoms with van der Waals surface area (Å²) in [7, 11) is 1.59. The van der Waals surface area contributed by atoms with Crippen LogP contribution in [0.15, 0.2) is 65.2 Å². The average molecular weight is 393 g/mol. The van der Waals surface area contributed by atoms with Crippen molar-refractivity contribution in [1.29, 1.82) is 0 Å². The summed E-state index contributed by atoms with van der Waals surface area (Å²) in [6.45, 7) is 3.51. The van der Waals surface area contributed by atoms with E-state index < -0.39 is 11.9 Å². The number of aromatic nitrogens is 1. The van der Waals surface area contributed by atoms with Crippen LogP contribution in [0.2, 0.25) is 0 Å². The topological polar surface area (TPSA) is 93.5 Å². The molecule has 7 heteroatoms. The first-order valence-electron chi connectivity index (χ1n) is 9.25. The number of carbonyl (C=O) groups is 2. The molecule has 0 saturated heterocycles. The van der Waals surface area contributed by atoms with Crippen LogP contribution < -0.4 is 15.4 Å². The van der Waals surface area contributed by atoms with Crippen LogP contribution in [0.5, 0.6) is 5.75 Å². The maximum Gasteiger partial charge on any atom is 0.274 e. The van der Waals surface area contributed by atoms with Crippen molar-refractivity contribution in [3.63, 3.8) is 0 Å². The van der Waals surface area contributed by atoms with Gasteiger partial charge in [0.2, 0.25) is 5.91 Å². The van der Waals surface area contributed by atoms with Crippen LogP contribution in [0.4, 0.5) is 0 Å². The van der Waals surface area contributed by atoms with E-state index in [9.17, 15) is 9.59 Å². The molecule has 0 fully saturated rings. The van der Waals surface area contributed by atoms with Crippen LogP contribution in [0, 0.1) is 0 Å². The van der Waals surface area contributed by atoms with Gasteiger partial charge in [0, 0.05) is 11.6 Å². The highest BCUT2D eigenvalue weighted by atomic mass is 16.5. The summed E-state index contributed by atoms with van der Waals surface area (Å²) in [5, 5.41) is 9.33. The van der Waals surface area contributed by atoms with Gasteiger partial charge in [-0.15, -0.1) is 0 Å². The number of hydrogen-bond acceptors (Lipinski definition) is 5. The van der Waals surface area contributed by atoms with E-state index in [0.717, 1.165) is 16.9 Å². The van der Waals surface area contributed by atoms with E-state index in [1.807, 2.05) is 49.4 Å². The van der Waals surface area contributed by atoms with Crippen molar-refractivity contribution in [1.82, 2.24) is 15.8 Å². The molecule has 0 unspecified atom stereocenters. The number of nitrogens with one attached hydrogen (secondary N) is 2. The molecule has 2 aromatic carbocycles. The highest BCUT2D eigenvalue weighted by molar-refractivity contribution is 5.96. The van der Waals surface area contributed by atoms with E-state index in [-0.39, 0.29) is 17.6 Å². The number of ether oxygens (including phenoxy) is 1. The van der Waals surface area contributed by atoms with Gasteiger partial charge in [-0.05, 0) is 43.7 Å². The second-order valence-electron chi connectivity index (χ2n) is 6.64. The van der Waals surface area contributed by atoms with Gasteiger partial charge >= 0.3 is 0 Å². The lowest BCUT2D eigenvalue weighted by molar-refractivity contribution is -0.123. The largest absolute Gasteiger partial charge is 0.497 e. The molecule has 1 aromatic heterocycles. The summed E-state index contributed by atoms with van der Waals surface area (Å²) in [5.41, 5.74) is 1.85. The monoisotopic (exact) mass is 393 g/mol. The third-order valence-electron chi connectivity index (χ3n) is 4.52. The molecule has 3 aromatic rings. The molecule has 150 valence electrons. The van der Waals surface area contributed by atoms with Crippen molar-refractivity contribution in [2.75, 3.05) is 7.11 Å². The number of methoxy groups -OCH3 is 1. The third kappa shape index (κ3) is 5.01. The van der Waals surface area contributed by atoms with Gasteiger partial charge < -0.3 is 19.9 Å². The predicted octanol–water partition coefficient (Wildman–Crippen LogP) is 3.35. The lowest BCUT2D eigenvalue weighted by Gasteiger charge is -2.18. The Bertz CT molecular complexity index is 967. The van der Waals surface area contributed by atoms with E-state index in [1.165, 1.54) is 6.07 Å². The zero-order valence-corrected chi connectivity index (χ0v) is 16.5. The molecule has 2 atom stereocenters. The molecule has 2 amide bonds. The molecule has 0 radical (unpaired) electrons. The molecule has 3 rings (SSSR count). The summed E-state index contributed by atoms with van der Waals surface area (Å²) >= 11 is 0. The normalized spacial score (nSPS) is 12.7. The Hall–Kier alpha value is -3.61. The van der Waals surface area contributed by atoms with E-state index in [4.69, 9.17) is 9.26 Å². The van der Waals surface area contributed by atoms with E-state index >= 15 is 0 Å². The molecular formula is C22H23N3O4. The Morgan fingerprint density at radius 1 is 1.00 bits per heavy atom. The second-order valence-corrected chi connectivity index (χ2v) is 6.64. The quantitative estimate of drug-likeness (QED) is 0.642. The molecule has 0 saturated carbocycles. The van der Waals surface area contributed by atoms with E-state index in [0.29, 0.717) is 5.76 Å². The van der Waals surface area contributed by atoms with Crippen LogP contribution in [0.25, 0.3) is 11.3 Å². The van der Waals surface area contributed by atoms with Crippen LogP contribution >= 0.6 is 0 Å². The summed E-state index contributed by atoms with van der Waals surface area (Å²) in [5.74, 6) is 0.403. The zero-order chi connectivity index (χ0) is 20.8. The predicted molar refractivity (Wildman–Crippen MR) is 108 cm³/mol. The minimum atomic E-state index is -0.727. The highest BCUT2D eigenvalue weighted by Crippen LogP contribution is 2.23. The van der Waals surface area contributed by atoms with Gasteiger partial charge in [-0.1, -0.05) is 35.5 Å². The SMILES string of the molecule is COc1ccc(-c2cc(C(=O)N[C@@H](C)C(=O)N[C@H](C)c3ccccc3)no2)cc1. The number of amides is 2. The standard InChI is InChI=1S/C22H23N3O4/c1-14(16-7-5-4-6-8-16)23-21(26)15(2)24-22(27)19-13-20(29-25-19)17-9-11-18(28-3)12-10-17/h4-15H,1-3H3,(H,23,26)(H,24,27)/t14-,15+/m1/s1. The van der Waals surface area contributed by atoms with Crippen LogP contribution in [-0.2, 0) is 4.79 Å². The van der Waals surface area contributed by atoms with E-state index in [1.54, 1.807) is 26.2 Å². The fourth-order valence-corrected chi connectivity index (χ4v) is 2.77. The lowest BCUT2D eigenvalue weighted by atomic mass is 10.1. The first kappa shape index (κ1) is 20.1. The summed E-state index contributed by atoms with van der Waals surface area (Å²) in [6, 6.07) is 17.4. The third-order valence-corrected chi connectivity index (χ3v) is 4.52. The number of rotatable bonds is 7. The molecule has 7 nitrogen and oxygen atoms in total. The van der Waals surface area contributed by atoms with Crippen molar-refractivity contribution in [3.8, 4) is 17.1 Å². The fraction of sp³-hybridized carbons (Fsp3) is 0.227. The van der Waals surface area contributed by atoms with Gasteiger partial charge in [0.05, 0.1) is 13.2 Å². The van der Waals surface area contributed by atoms with Crippen molar-refractivity contribution in [2.45, 2.75) is 25.9 Å². The lowest BCUT2D eigenvalue weighted by Crippen LogP contribution is -2.45.